The molecular formula is C37H44N4O6. The molecule has 2 aliphatic carbocycles. The van der Waals surface area contributed by atoms with Gasteiger partial charge in [-0.25, -0.2) is 9.78 Å². The number of benzene rings is 1. The molecule has 3 aliphatic rings. The number of amides is 2. The zero-order valence-corrected chi connectivity index (χ0v) is 27.9. The van der Waals surface area contributed by atoms with Gasteiger partial charge in [-0.2, -0.15) is 0 Å². The highest BCUT2D eigenvalue weighted by molar-refractivity contribution is 5.95. The molecule has 2 saturated carbocycles. The van der Waals surface area contributed by atoms with Crippen molar-refractivity contribution in [2.24, 2.45) is 17.8 Å². The third kappa shape index (κ3) is 6.42. The van der Waals surface area contributed by atoms with Crippen LogP contribution in [0, 0.1) is 31.6 Å². The molecule has 3 aromatic rings. The first-order chi connectivity index (χ1) is 22.6. The summed E-state index contributed by atoms with van der Waals surface area (Å²) in [5.41, 5.74) is 2.74. The number of hydrogen-bond donors (Lipinski definition) is 1. The van der Waals surface area contributed by atoms with Crippen LogP contribution < -0.4 is 14.8 Å². The number of carbonyl (C=O) groups is 3. The molecular weight excluding hydrogens is 596 g/mol. The van der Waals surface area contributed by atoms with Crippen LogP contribution in [0.15, 0.2) is 48.6 Å². The minimum absolute atomic E-state index is 0.0776. The molecule has 10 nitrogen and oxygen atoms in total. The van der Waals surface area contributed by atoms with E-state index in [0.717, 1.165) is 41.4 Å². The van der Waals surface area contributed by atoms with E-state index in [9.17, 15) is 14.4 Å². The second kappa shape index (κ2) is 13.3. The summed E-state index contributed by atoms with van der Waals surface area (Å²) in [6.07, 6.45) is 7.48. The number of nitrogens with one attached hydrogen (secondary N) is 1. The second-order valence-corrected chi connectivity index (χ2v) is 13.1. The molecule has 47 heavy (non-hydrogen) atoms. The Morgan fingerprint density at radius 3 is 2.62 bits per heavy atom. The van der Waals surface area contributed by atoms with Crippen molar-refractivity contribution >= 4 is 28.7 Å². The van der Waals surface area contributed by atoms with E-state index in [1.807, 2.05) is 56.3 Å². The van der Waals surface area contributed by atoms with E-state index in [0.29, 0.717) is 48.7 Å². The zero-order chi connectivity index (χ0) is 33.3. The summed E-state index contributed by atoms with van der Waals surface area (Å²) in [6, 6.07) is 11.5. The first kappa shape index (κ1) is 32.5. The summed E-state index contributed by atoms with van der Waals surface area (Å²) in [7, 11) is 3.43. The summed E-state index contributed by atoms with van der Waals surface area (Å²) < 4.78 is 17.8. The average molecular weight is 641 g/mol. The first-order valence-corrected chi connectivity index (χ1v) is 16.6. The monoisotopic (exact) mass is 640 g/mol. The highest BCUT2D eigenvalue weighted by atomic mass is 16.5. The van der Waals surface area contributed by atoms with Gasteiger partial charge >= 0.3 is 5.97 Å². The van der Waals surface area contributed by atoms with Gasteiger partial charge in [0.25, 0.3) is 0 Å². The lowest BCUT2D eigenvalue weighted by atomic mass is 9.93. The van der Waals surface area contributed by atoms with Crippen molar-refractivity contribution in [3.05, 3.63) is 59.8 Å². The Bertz CT molecular complexity index is 1720. The van der Waals surface area contributed by atoms with Gasteiger partial charge in [-0.1, -0.05) is 18.2 Å². The Morgan fingerprint density at radius 1 is 1.04 bits per heavy atom. The van der Waals surface area contributed by atoms with E-state index in [4.69, 9.17) is 24.2 Å². The fourth-order valence-electron chi connectivity index (χ4n) is 7.13. The van der Waals surface area contributed by atoms with Crippen LogP contribution in [0.2, 0.25) is 0 Å². The maximum Gasteiger partial charge on any atom is 0.332 e. The highest BCUT2D eigenvalue weighted by Crippen LogP contribution is 2.47. The molecule has 1 aromatic carbocycles. The van der Waals surface area contributed by atoms with Crippen LogP contribution in [0.1, 0.15) is 56.7 Å². The predicted molar refractivity (Wildman–Crippen MR) is 178 cm³/mol. The Morgan fingerprint density at radius 2 is 1.85 bits per heavy atom. The maximum absolute atomic E-state index is 14.1. The Hall–Kier alpha value is -4.47. The fraction of sp³-hybridized carbons (Fsp3) is 0.486. The molecule has 6 rings (SSSR count). The Kier molecular flexibility index (Phi) is 9.21. The largest absolute Gasteiger partial charge is 0.496 e. The van der Waals surface area contributed by atoms with Crippen molar-refractivity contribution in [3.8, 4) is 22.9 Å². The van der Waals surface area contributed by atoms with Crippen LogP contribution in [0.4, 0.5) is 0 Å². The molecule has 2 amide bonds. The van der Waals surface area contributed by atoms with Gasteiger partial charge in [-0.15, -0.1) is 0 Å². The molecule has 1 aliphatic heterocycles. The molecule has 0 unspecified atom stereocenters. The topological polar surface area (TPSA) is 120 Å². The van der Waals surface area contributed by atoms with Crippen molar-refractivity contribution in [1.29, 1.82) is 0 Å². The number of methoxy groups -OCH3 is 1. The van der Waals surface area contributed by atoms with Crippen LogP contribution in [0.5, 0.6) is 11.5 Å². The van der Waals surface area contributed by atoms with E-state index >= 15 is 0 Å². The highest BCUT2D eigenvalue weighted by Gasteiger charge is 2.62. The van der Waals surface area contributed by atoms with Crippen molar-refractivity contribution in [2.45, 2.75) is 70.9 Å². The molecule has 0 spiro atoms. The third-order valence-corrected chi connectivity index (χ3v) is 9.84. The third-order valence-electron chi connectivity index (χ3n) is 9.84. The smallest absolute Gasteiger partial charge is 0.332 e. The minimum atomic E-state index is -1.10. The first-order valence-electron chi connectivity index (χ1n) is 16.6. The molecule has 3 heterocycles. The van der Waals surface area contributed by atoms with Crippen LogP contribution in [-0.4, -0.2) is 71.6 Å². The van der Waals surface area contributed by atoms with Gasteiger partial charge in [0.1, 0.15) is 23.1 Å². The van der Waals surface area contributed by atoms with Gasteiger partial charge in [0.15, 0.2) is 0 Å². The standard InChI is InChI=1S/C37H44N4O6/c1-6-46-36(44)37-21-24(37)13-9-7-8-10-17-41(4)35(43)28-19-25(18-27(28)34(42)40-37)47-32-20-30(29-14-11-12-22(2)38-29)39-33-23(3)31(45-5)16-15-26(32)33/h9,11-16,20,24-25,27-28H,6-8,10,17-19,21H2,1-5H3,(H,40,42)/t24-,25-,27-,28-,37-/m1/s1. The number of hydrogen-bond acceptors (Lipinski definition) is 8. The number of carbonyl (C=O) groups excluding carboxylic acids is 3. The number of nitrogens with zero attached hydrogens (tertiary/aromatic N) is 3. The maximum atomic E-state index is 14.1. The van der Waals surface area contributed by atoms with Gasteiger partial charge < -0.3 is 24.4 Å². The molecule has 0 saturated heterocycles. The number of fused-ring (bicyclic) bond motifs is 3. The summed E-state index contributed by atoms with van der Waals surface area (Å²) in [5, 5.41) is 3.87. The van der Waals surface area contributed by atoms with Crippen molar-refractivity contribution in [2.75, 3.05) is 27.3 Å². The summed E-state index contributed by atoms with van der Waals surface area (Å²) in [5.74, 6) is -0.881. The van der Waals surface area contributed by atoms with Crippen molar-refractivity contribution in [1.82, 2.24) is 20.2 Å². The number of aryl methyl sites for hydroxylation is 2. The quantitative estimate of drug-likeness (QED) is 0.284. The van der Waals surface area contributed by atoms with Gasteiger partial charge in [0.2, 0.25) is 11.8 Å². The lowest BCUT2D eigenvalue weighted by molar-refractivity contribution is -0.150. The number of pyridine rings is 2. The van der Waals surface area contributed by atoms with Gasteiger partial charge in [-0.05, 0) is 83.6 Å². The fourth-order valence-corrected chi connectivity index (χ4v) is 7.13. The molecule has 0 radical (unpaired) electrons. The summed E-state index contributed by atoms with van der Waals surface area (Å²) >= 11 is 0. The van der Waals surface area contributed by atoms with E-state index in [-0.39, 0.29) is 24.3 Å². The van der Waals surface area contributed by atoms with E-state index < -0.39 is 29.4 Å². The van der Waals surface area contributed by atoms with E-state index in [1.165, 1.54) is 0 Å². The van der Waals surface area contributed by atoms with Crippen LogP contribution in [0.3, 0.4) is 0 Å². The minimum Gasteiger partial charge on any atom is -0.496 e. The molecule has 5 atom stereocenters. The second-order valence-electron chi connectivity index (χ2n) is 13.1. The molecule has 248 valence electrons. The number of rotatable bonds is 6. The summed E-state index contributed by atoms with van der Waals surface area (Å²) in [6.45, 7) is 6.50. The molecule has 10 heteroatoms. The average Bonchev–Trinajstić information content (AvgIpc) is 3.59. The number of ether oxygens (including phenoxy) is 3. The van der Waals surface area contributed by atoms with Crippen LogP contribution in [-0.2, 0) is 19.1 Å². The predicted octanol–water partition coefficient (Wildman–Crippen LogP) is 5.33. The summed E-state index contributed by atoms with van der Waals surface area (Å²) in [4.78, 5) is 52.5. The van der Waals surface area contributed by atoms with E-state index in [1.54, 1.807) is 26.0 Å². The Labute approximate surface area is 275 Å². The Balaban J connectivity index is 1.35. The number of allylic oxidation sites excluding steroid dienone is 1. The lowest BCUT2D eigenvalue weighted by Crippen LogP contribution is -2.50. The molecule has 2 aromatic heterocycles. The molecule has 0 bridgehead atoms. The van der Waals surface area contributed by atoms with Gasteiger partial charge in [0.05, 0.1) is 42.5 Å². The molecule has 2 fully saturated rings. The van der Waals surface area contributed by atoms with Crippen molar-refractivity contribution < 1.29 is 28.6 Å². The zero-order valence-electron chi connectivity index (χ0n) is 27.9. The molecule has 1 N–H and O–H groups in total. The van der Waals surface area contributed by atoms with E-state index in [2.05, 4.69) is 11.4 Å². The van der Waals surface area contributed by atoms with Gasteiger partial charge in [0, 0.05) is 42.2 Å². The number of esters is 1. The normalized spacial score (nSPS) is 26.2. The SMILES string of the molecule is CCOC(=O)[C@@]12C[C@H]1C=CCCCCN(C)C(=O)[C@@H]1C[C@H](Oc3cc(-c4cccc(C)n4)nc4c(C)c(OC)ccc34)C[C@H]1C(=O)N2. The van der Waals surface area contributed by atoms with Crippen LogP contribution >= 0.6 is 0 Å². The van der Waals surface area contributed by atoms with Gasteiger partial charge in [-0.3, -0.25) is 14.6 Å². The van der Waals surface area contributed by atoms with Crippen LogP contribution in [0.25, 0.3) is 22.3 Å². The van der Waals surface area contributed by atoms with Crippen molar-refractivity contribution in [3.63, 3.8) is 0 Å². The number of aromatic nitrogens is 2. The lowest BCUT2D eigenvalue weighted by Gasteiger charge is -2.26.